The second-order valence-corrected chi connectivity index (χ2v) is 5.60. The molecule has 2 heterocycles. The molecule has 108 valence electrons. The maximum absolute atomic E-state index is 4.67. The molecule has 2 aromatic heterocycles. The van der Waals surface area contributed by atoms with Crippen molar-refractivity contribution in [1.82, 2.24) is 15.2 Å². The maximum atomic E-state index is 4.67. The van der Waals surface area contributed by atoms with Gasteiger partial charge in [0.1, 0.15) is 0 Å². The Hall–Kier alpha value is -2.68. The van der Waals surface area contributed by atoms with Gasteiger partial charge < -0.3 is 0 Å². The van der Waals surface area contributed by atoms with Gasteiger partial charge in [0.15, 0.2) is 0 Å². The standard InChI is InChI=1S/C19H17N3/c1-2-7-14(6-1)15-8-3-4-9-16(15)19-17(10-5-12-20-19)18-11-13-21-22-18/h1-5,8-14H,6-7H2,(H,21,22). The van der Waals surface area contributed by atoms with Gasteiger partial charge in [-0.3, -0.25) is 10.1 Å². The van der Waals surface area contributed by atoms with E-state index in [4.69, 9.17) is 0 Å². The molecular weight excluding hydrogens is 270 g/mol. The topological polar surface area (TPSA) is 41.6 Å². The van der Waals surface area contributed by atoms with Crippen molar-refractivity contribution in [2.75, 3.05) is 0 Å². The Labute approximate surface area is 129 Å². The zero-order chi connectivity index (χ0) is 14.8. The number of hydrogen-bond donors (Lipinski definition) is 1. The fourth-order valence-electron chi connectivity index (χ4n) is 3.18. The highest BCUT2D eigenvalue weighted by molar-refractivity contribution is 5.80. The molecule has 1 aliphatic carbocycles. The van der Waals surface area contributed by atoms with Crippen LogP contribution in [-0.4, -0.2) is 15.2 Å². The Kier molecular flexibility index (Phi) is 3.31. The van der Waals surface area contributed by atoms with Crippen LogP contribution in [-0.2, 0) is 0 Å². The average Bonchev–Trinajstić information content (AvgIpc) is 3.28. The smallest absolute Gasteiger partial charge is 0.0798 e. The molecule has 0 atom stereocenters. The van der Waals surface area contributed by atoms with Gasteiger partial charge >= 0.3 is 0 Å². The fraction of sp³-hybridized carbons (Fsp3) is 0.158. The minimum absolute atomic E-state index is 0.563. The van der Waals surface area contributed by atoms with Crippen molar-refractivity contribution in [1.29, 1.82) is 0 Å². The van der Waals surface area contributed by atoms with E-state index in [2.05, 4.69) is 57.7 Å². The summed E-state index contributed by atoms with van der Waals surface area (Å²) in [6.45, 7) is 0. The lowest BCUT2D eigenvalue weighted by atomic mass is 9.89. The fourth-order valence-corrected chi connectivity index (χ4v) is 3.18. The second-order valence-electron chi connectivity index (χ2n) is 5.60. The van der Waals surface area contributed by atoms with Crippen molar-refractivity contribution in [3.05, 3.63) is 72.6 Å². The van der Waals surface area contributed by atoms with Crippen molar-refractivity contribution >= 4 is 0 Å². The molecule has 3 heteroatoms. The lowest BCUT2D eigenvalue weighted by Gasteiger charge is -2.16. The van der Waals surface area contributed by atoms with Gasteiger partial charge in [-0.1, -0.05) is 36.4 Å². The van der Waals surface area contributed by atoms with E-state index in [-0.39, 0.29) is 0 Å². The number of aromatic nitrogens is 3. The highest BCUT2D eigenvalue weighted by Gasteiger charge is 2.19. The predicted octanol–water partition coefficient (Wildman–Crippen LogP) is 4.57. The van der Waals surface area contributed by atoms with Crippen LogP contribution < -0.4 is 0 Å². The van der Waals surface area contributed by atoms with Crippen LogP contribution in [0.3, 0.4) is 0 Å². The monoisotopic (exact) mass is 287 g/mol. The van der Waals surface area contributed by atoms with Gasteiger partial charge in [-0.15, -0.1) is 0 Å². The number of hydrogen-bond acceptors (Lipinski definition) is 2. The van der Waals surface area contributed by atoms with Crippen LogP contribution in [0.25, 0.3) is 22.5 Å². The summed E-state index contributed by atoms with van der Waals surface area (Å²) in [5, 5.41) is 7.12. The van der Waals surface area contributed by atoms with Gasteiger partial charge in [0.25, 0.3) is 0 Å². The number of allylic oxidation sites excluding steroid dienone is 2. The van der Waals surface area contributed by atoms with Crippen LogP contribution in [0.5, 0.6) is 0 Å². The van der Waals surface area contributed by atoms with E-state index >= 15 is 0 Å². The molecular formula is C19H17N3. The van der Waals surface area contributed by atoms with E-state index in [0.717, 1.165) is 29.8 Å². The van der Waals surface area contributed by atoms with E-state index in [0.29, 0.717) is 5.92 Å². The van der Waals surface area contributed by atoms with Crippen LogP contribution in [0, 0.1) is 0 Å². The Bertz CT molecular complexity index is 795. The molecule has 0 saturated heterocycles. The molecule has 0 unspecified atom stereocenters. The van der Waals surface area contributed by atoms with Crippen LogP contribution >= 0.6 is 0 Å². The molecule has 0 bridgehead atoms. The van der Waals surface area contributed by atoms with Crippen molar-refractivity contribution in [2.24, 2.45) is 0 Å². The van der Waals surface area contributed by atoms with Crippen molar-refractivity contribution in [3.63, 3.8) is 0 Å². The summed E-state index contributed by atoms with van der Waals surface area (Å²) in [7, 11) is 0. The molecule has 0 amide bonds. The van der Waals surface area contributed by atoms with E-state index in [1.165, 1.54) is 11.1 Å². The molecule has 3 aromatic rings. The molecule has 0 radical (unpaired) electrons. The summed E-state index contributed by atoms with van der Waals surface area (Å²) in [5.41, 5.74) is 5.73. The third-order valence-electron chi connectivity index (χ3n) is 4.26. The van der Waals surface area contributed by atoms with Gasteiger partial charge in [0, 0.05) is 23.5 Å². The van der Waals surface area contributed by atoms with Crippen molar-refractivity contribution < 1.29 is 0 Å². The molecule has 22 heavy (non-hydrogen) atoms. The van der Waals surface area contributed by atoms with Crippen LogP contribution in [0.15, 0.2) is 67.0 Å². The summed E-state index contributed by atoms with van der Waals surface area (Å²) < 4.78 is 0. The first-order chi connectivity index (χ1) is 10.9. The first-order valence-corrected chi connectivity index (χ1v) is 7.62. The van der Waals surface area contributed by atoms with Gasteiger partial charge in [0.05, 0.1) is 11.4 Å². The number of nitrogens with one attached hydrogen (secondary N) is 1. The highest BCUT2D eigenvalue weighted by Crippen LogP contribution is 2.38. The molecule has 0 fully saturated rings. The van der Waals surface area contributed by atoms with Gasteiger partial charge in [-0.2, -0.15) is 5.10 Å². The minimum Gasteiger partial charge on any atom is -0.278 e. The largest absolute Gasteiger partial charge is 0.278 e. The molecule has 0 aliphatic heterocycles. The first kappa shape index (κ1) is 13.0. The minimum atomic E-state index is 0.563. The van der Waals surface area contributed by atoms with Gasteiger partial charge in [-0.05, 0) is 42.5 Å². The van der Waals surface area contributed by atoms with E-state index in [9.17, 15) is 0 Å². The van der Waals surface area contributed by atoms with Crippen LogP contribution in [0.4, 0.5) is 0 Å². The number of benzene rings is 1. The Morgan fingerprint density at radius 1 is 0.864 bits per heavy atom. The molecule has 1 N–H and O–H groups in total. The molecule has 3 nitrogen and oxygen atoms in total. The molecule has 0 saturated carbocycles. The molecule has 4 rings (SSSR count). The lowest BCUT2D eigenvalue weighted by molar-refractivity contribution is 0.755. The Morgan fingerprint density at radius 3 is 2.50 bits per heavy atom. The quantitative estimate of drug-likeness (QED) is 0.717. The average molecular weight is 287 g/mol. The predicted molar refractivity (Wildman–Crippen MR) is 88.4 cm³/mol. The number of pyridine rings is 1. The third-order valence-corrected chi connectivity index (χ3v) is 4.26. The van der Waals surface area contributed by atoms with E-state index < -0.39 is 0 Å². The highest BCUT2D eigenvalue weighted by atomic mass is 15.1. The lowest BCUT2D eigenvalue weighted by Crippen LogP contribution is -1.98. The summed E-state index contributed by atoms with van der Waals surface area (Å²) in [6, 6.07) is 14.7. The van der Waals surface area contributed by atoms with Gasteiger partial charge in [-0.25, -0.2) is 0 Å². The molecule has 1 aliphatic rings. The van der Waals surface area contributed by atoms with Crippen LogP contribution in [0.2, 0.25) is 0 Å². The van der Waals surface area contributed by atoms with Gasteiger partial charge in [0.2, 0.25) is 0 Å². The normalized spacial score (nSPS) is 14.5. The van der Waals surface area contributed by atoms with Crippen molar-refractivity contribution in [2.45, 2.75) is 18.8 Å². The maximum Gasteiger partial charge on any atom is 0.0798 e. The van der Waals surface area contributed by atoms with E-state index in [1.54, 1.807) is 6.20 Å². The zero-order valence-corrected chi connectivity index (χ0v) is 12.2. The molecule has 0 spiro atoms. The SMILES string of the molecule is C1=CCC(c2ccccc2-c2ncccc2-c2ccn[nH]2)C1. The Balaban J connectivity index is 1.87. The Morgan fingerprint density at radius 2 is 1.68 bits per heavy atom. The zero-order valence-electron chi connectivity index (χ0n) is 12.2. The number of aromatic amines is 1. The number of nitrogens with zero attached hydrogens (tertiary/aromatic N) is 2. The number of H-pyrrole nitrogens is 1. The molecule has 1 aromatic carbocycles. The van der Waals surface area contributed by atoms with Crippen LogP contribution in [0.1, 0.15) is 24.3 Å². The summed E-state index contributed by atoms with van der Waals surface area (Å²) in [6.07, 6.45) is 10.4. The van der Waals surface area contributed by atoms with E-state index in [1.807, 2.05) is 18.3 Å². The number of rotatable bonds is 3. The van der Waals surface area contributed by atoms with Crippen molar-refractivity contribution in [3.8, 4) is 22.5 Å². The second kappa shape index (κ2) is 5.60. The third kappa shape index (κ3) is 2.25. The summed E-state index contributed by atoms with van der Waals surface area (Å²) in [4.78, 5) is 4.67. The first-order valence-electron chi connectivity index (χ1n) is 7.62. The summed E-state index contributed by atoms with van der Waals surface area (Å²) in [5.74, 6) is 0.563. The summed E-state index contributed by atoms with van der Waals surface area (Å²) >= 11 is 0.